The van der Waals surface area contributed by atoms with E-state index in [1.807, 2.05) is 48.5 Å². The molecule has 2 aliphatic heterocycles. The molecular weight excluding hydrogens is 252 g/mol. The Kier molecular flexibility index (Phi) is 2.38. The van der Waals surface area contributed by atoms with Gasteiger partial charge in [0.25, 0.3) is 5.79 Å². The van der Waals surface area contributed by atoms with Crippen LogP contribution in [0.1, 0.15) is 17.7 Å². The maximum atomic E-state index is 10.8. The summed E-state index contributed by atoms with van der Waals surface area (Å²) in [7, 11) is 0. The first-order chi connectivity index (χ1) is 9.74. The smallest absolute Gasteiger partial charge is 0.267 e. The fraction of sp³-hybridized carbons (Fsp3) is 0.176. The average molecular weight is 266 g/mol. The topological polar surface area (TPSA) is 42.6 Å². The van der Waals surface area contributed by atoms with Crippen molar-refractivity contribution >= 4 is 0 Å². The third kappa shape index (κ3) is 1.71. The van der Waals surface area contributed by atoms with E-state index in [2.05, 4.69) is 0 Å². The molecule has 100 valence electrons. The van der Waals surface area contributed by atoms with E-state index in [4.69, 9.17) is 9.15 Å². The van der Waals surface area contributed by atoms with Crippen molar-refractivity contribution in [1.29, 1.82) is 0 Å². The highest BCUT2D eigenvalue weighted by molar-refractivity contribution is 5.60. The molecule has 0 saturated carbocycles. The van der Waals surface area contributed by atoms with Crippen LogP contribution in [-0.2, 0) is 12.2 Å². The third-order valence-electron chi connectivity index (χ3n) is 3.81. The number of hydrogen-bond acceptors (Lipinski definition) is 3. The van der Waals surface area contributed by atoms with Crippen LogP contribution in [0, 0.1) is 0 Å². The second-order valence-corrected chi connectivity index (χ2v) is 5.14. The van der Waals surface area contributed by atoms with Gasteiger partial charge in [-0.15, -0.1) is 0 Å². The van der Waals surface area contributed by atoms with Gasteiger partial charge < -0.3 is 14.3 Å². The van der Waals surface area contributed by atoms with Crippen molar-refractivity contribution in [2.45, 2.75) is 18.6 Å². The third-order valence-corrected chi connectivity index (χ3v) is 3.81. The van der Waals surface area contributed by atoms with Gasteiger partial charge in [-0.1, -0.05) is 30.3 Å². The fourth-order valence-electron chi connectivity index (χ4n) is 2.70. The molecule has 1 aromatic carbocycles. The lowest BCUT2D eigenvalue weighted by Gasteiger charge is -2.33. The minimum atomic E-state index is -1.39. The van der Waals surface area contributed by atoms with E-state index in [1.165, 1.54) is 0 Å². The van der Waals surface area contributed by atoms with Crippen LogP contribution in [0.25, 0.3) is 11.3 Å². The van der Waals surface area contributed by atoms with Gasteiger partial charge in [0.2, 0.25) is 0 Å². The predicted octanol–water partition coefficient (Wildman–Crippen LogP) is 3.55. The quantitative estimate of drug-likeness (QED) is 0.732. The van der Waals surface area contributed by atoms with Crippen molar-refractivity contribution in [2.75, 3.05) is 0 Å². The number of fused-ring (bicyclic) bond motifs is 2. The fourth-order valence-corrected chi connectivity index (χ4v) is 2.70. The molecule has 20 heavy (non-hydrogen) atoms. The summed E-state index contributed by atoms with van der Waals surface area (Å²) >= 11 is 0. The van der Waals surface area contributed by atoms with Crippen LogP contribution < -0.4 is 4.74 Å². The van der Waals surface area contributed by atoms with E-state index in [-0.39, 0.29) is 0 Å². The summed E-state index contributed by atoms with van der Waals surface area (Å²) in [4.78, 5) is 0. The maximum absolute atomic E-state index is 10.8. The van der Waals surface area contributed by atoms with Crippen LogP contribution >= 0.6 is 0 Å². The van der Waals surface area contributed by atoms with Crippen LogP contribution in [0.3, 0.4) is 0 Å². The van der Waals surface area contributed by atoms with Crippen LogP contribution in [0.2, 0.25) is 0 Å². The van der Waals surface area contributed by atoms with Crippen molar-refractivity contribution in [2.24, 2.45) is 0 Å². The lowest BCUT2D eigenvalue weighted by molar-refractivity contribution is -0.172. The highest BCUT2D eigenvalue weighted by atomic mass is 16.6. The van der Waals surface area contributed by atoms with E-state index in [0.717, 1.165) is 29.1 Å². The van der Waals surface area contributed by atoms with E-state index < -0.39 is 5.79 Å². The molecule has 3 aliphatic rings. The normalized spacial score (nSPS) is 21.4. The molecule has 0 amide bonds. The SMILES string of the molecule is O[C@]1(c2ccc3cccc-3o2)CCc2ccccc2O1. The Balaban J connectivity index is 1.77. The number of rotatable bonds is 1. The zero-order valence-corrected chi connectivity index (χ0v) is 10.9. The maximum Gasteiger partial charge on any atom is 0.267 e. The van der Waals surface area contributed by atoms with E-state index in [9.17, 15) is 5.11 Å². The Morgan fingerprint density at radius 1 is 0.950 bits per heavy atom. The Morgan fingerprint density at radius 3 is 2.80 bits per heavy atom. The van der Waals surface area contributed by atoms with Gasteiger partial charge in [-0.3, -0.25) is 0 Å². The van der Waals surface area contributed by atoms with E-state index >= 15 is 0 Å². The second-order valence-electron chi connectivity index (χ2n) is 5.14. The molecular formula is C17H14O3. The van der Waals surface area contributed by atoms with Gasteiger partial charge in [0.15, 0.2) is 5.76 Å². The molecule has 3 nitrogen and oxygen atoms in total. The largest absolute Gasteiger partial charge is 0.455 e. The molecule has 2 heterocycles. The number of aryl methyl sites for hydroxylation is 1. The van der Waals surface area contributed by atoms with Gasteiger partial charge in [0, 0.05) is 12.0 Å². The van der Waals surface area contributed by atoms with E-state index in [1.54, 1.807) is 6.07 Å². The number of aliphatic hydroxyl groups is 1. The summed E-state index contributed by atoms with van der Waals surface area (Å²) in [5, 5.41) is 10.8. The van der Waals surface area contributed by atoms with Gasteiger partial charge in [-0.2, -0.15) is 0 Å². The molecule has 0 spiro atoms. The van der Waals surface area contributed by atoms with Gasteiger partial charge >= 0.3 is 0 Å². The van der Waals surface area contributed by atoms with Crippen molar-refractivity contribution in [3.8, 4) is 17.1 Å². The Hall–Kier alpha value is -2.26. The minimum absolute atomic E-state index is 0.450. The molecule has 1 aromatic rings. The van der Waals surface area contributed by atoms with Crippen molar-refractivity contribution in [1.82, 2.24) is 0 Å². The summed E-state index contributed by atoms with van der Waals surface area (Å²) in [6, 6.07) is 17.3. The number of benzene rings is 1. The molecule has 0 fully saturated rings. The molecule has 1 N–H and O–H groups in total. The summed E-state index contributed by atoms with van der Waals surface area (Å²) in [6.07, 6.45) is 1.25. The first-order valence-electron chi connectivity index (χ1n) is 6.73. The Morgan fingerprint density at radius 2 is 1.85 bits per heavy atom. The number of para-hydroxylation sites is 1. The second kappa shape index (κ2) is 4.12. The zero-order chi connectivity index (χ0) is 13.6. The lowest BCUT2D eigenvalue weighted by Crippen LogP contribution is -2.36. The van der Waals surface area contributed by atoms with Crippen LogP contribution in [0.15, 0.2) is 59.0 Å². The van der Waals surface area contributed by atoms with Crippen LogP contribution in [-0.4, -0.2) is 5.11 Å². The number of ether oxygens (including phenoxy) is 1. The van der Waals surface area contributed by atoms with Crippen LogP contribution in [0.5, 0.6) is 5.75 Å². The molecule has 0 saturated heterocycles. The summed E-state index contributed by atoms with van der Waals surface area (Å²) in [6.45, 7) is 0. The molecule has 0 radical (unpaired) electrons. The lowest BCUT2D eigenvalue weighted by atomic mass is 9.97. The average Bonchev–Trinajstić information content (AvgIpc) is 2.94. The standard InChI is InChI=1S/C17H14O3/c18-17(11-10-13-4-1-2-6-15(13)20-17)16-9-8-12-5-3-7-14(12)19-16/h1-9,18H,10-11H2/t17-/m1/s1. The van der Waals surface area contributed by atoms with Gasteiger partial charge in [0.1, 0.15) is 11.5 Å². The molecule has 1 atom stereocenters. The number of hydrogen-bond donors (Lipinski definition) is 1. The minimum Gasteiger partial charge on any atom is -0.455 e. The Bertz CT molecular complexity index is 731. The summed E-state index contributed by atoms with van der Waals surface area (Å²) in [5.41, 5.74) is 2.14. The van der Waals surface area contributed by atoms with Gasteiger partial charge in [0.05, 0.1) is 0 Å². The van der Waals surface area contributed by atoms with Gasteiger partial charge in [-0.25, -0.2) is 0 Å². The van der Waals surface area contributed by atoms with Crippen molar-refractivity contribution in [3.63, 3.8) is 0 Å². The first kappa shape index (κ1) is 11.6. The monoisotopic (exact) mass is 266 g/mol. The first-order valence-corrected chi connectivity index (χ1v) is 6.73. The summed E-state index contributed by atoms with van der Waals surface area (Å²) in [5.74, 6) is 0.544. The molecule has 0 bridgehead atoms. The Labute approximate surface area is 116 Å². The molecule has 4 rings (SSSR count). The van der Waals surface area contributed by atoms with Gasteiger partial charge in [-0.05, 0) is 36.2 Å². The zero-order valence-electron chi connectivity index (χ0n) is 10.9. The highest BCUT2D eigenvalue weighted by Crippen LogP contribution is 2.39. The highest BCUT2D eigenvalue weighted by Gasteiger charge is 2.38. The predicted molar refractivity (Wildman–Crippen MR) is 74.6 cm³/mol. The van der Waals surface area contributed by atoms with Crippen molar-refractivity contribution < 1.29 is 14.3 Å². The molecule has 0 unspecified atom stereocenters. The van der Waals surface area contributed by atoms with Crippen molar-refractivity contribution in [3.05, 3.63) is 65.9 Å². The molecule has 1 aliphatic carbocycles. The molecule has 3 heteroatoms. The van der Waals surface area contributed by atoms with E-state index in [0.29, 0.717) is 12.2 Å². The van der Waals surface area contributed by atoms with Crippen LogP contribution in [0.4, 0.5) is 0 Å². The molecule has 0 aromatic heterocycles. The summed E-state index contributed by atoms with van der Waals surface area (Å²) < 4.78 is 11.6.